The Morgan fingerprint density at radius 3 is 2.45 bits per heavy atom. The fourth-order valence-corrected chi connectivity index (χ4v) is 4.89. The van der Waals surface area contributed by atoms with Crippen molar-refractivity contribution in [1.82, 2.24) is 25.8 Å². The van der Waals surface area contributed by atoms with Crippen molar-refractivity contribution in [3.8, 4) is 0 Å². The molecule has 1 unspecified atom stereocenters. The lowest BCUT2D eigenvalue weighted by Gasteiger charge is -2.19. The van der Waals surface area contributed by atoms with Crippen LogP contribution < -0.4 is 20.8 Å². The highest BCUT2D eigenvalue weighted by atomic mass is 35.5. The molecule has 4 bridgehead atoms. The summed E-state index contributed by atoms with van der Waals surface area (Å²) in [7, 11) is 0. The second-order valence-corrected chi connectivity index (χ2v) is 10.0. The minimum atomic E-state index is -0.867. The SMILES string of the molecule is C=C1CCCCc2ccc3[nH]c4ccc(cc4c3c2)CC(NC(C)=O)C(=O)N/C(=C\CCCNCl)C(=O)N1. The van der Waals surface area contributed by atoms with Crippen LogP contribution in [-0.2, 0) is 27.2 Å². The predicted molar refractivity (Wildman–Crippen MR) is 151 cm³/mol. The van der Waals surface area contributed by atoms with Crippen molar-refractivity contribution in [2.24, 2.45) is 0 Å². The maximum absolute atomic E-state index is 13.4. The van der Waals surface area contributed by atoms with Gasteiger partial charge in [0.2, 0.25) is 11.8 Å². The molecule has 0 aliphatic carbocycles. The predicted octanol–water partition coefficient (Wildman–Crippen LogP) is 4.25. The van der Waals surface area contributed by atoms with Crippen molar-refractivity contribution in [2.45, 2.75) is 57.9 Å². The number of hydrogen-bond donors (Lipinski definition) is 5. The number of unbranched alkanes of at least 4 members (excludes halogenated alkanes) is 1. The molecule has 200 valence electrons. The summed E-state index contributed by atoms with van der Waals surface area (Å²) in [6, 6.07) is 11.6. The van der Waals surface area contributed by atoms with Crippen LogP contribution >= 0.6 is 11.8 Å². The highest BCUT2D eigenvalue weighted by Crippen LogP contribution is 2.28. The van der Waals surface area contributed by atoms with Crippen molar-refractivity contribution < 1.29 is 14.4 Å². The molecule has 38 heavy (non-hydrogen) atoms. The van der Waals surface area contributed by atoms with Crippen molar-refractivity contribution in [3.05, 3.63) is 71.6 Å². The van der Waals surface area contributed by atoms with E-state index in [1.165, 1.54) is 12.5 Å². The zero-order valence-electron chi connectivity index (χ0n) is 21.6. The number of aromatic nitrogens is 1. The summed E-state index contributed by atoms with van der Waals surface area (Å²) in [6.07, 6.45) is 6.53. The van der Waals surface area contributed by atoms with Crippen LogP contribution in [0.2, 0.25) is 0 Å². The summed E-state index contributed by atoms with van der Waals surface area (Å²) in [5.74, 6) is -1.24. The fourth-order valence-electron chi connectivity index (χ4n) is 4.76. The van der Waals surface area contributed by atoms with Crippen LogP contribution in [0.4, 0.5) is 0 Å². The molecule has 8 nitrogen and oxygen atoms in total. The number of halogens is 1. The van der Waals surface area contributed by atoms with Gasteiger partial charge in [-0.05, 0) is 85.7 Å². The summed E-state index contributed by atoms with van der Waals surface area (Å²) in [5.41, 5.74) is 4.93. The number of carbonyl (C=O) groups is 3. The van der Waals surface area contributed by atoms with Crippen LogP contribution in [0.15, 0.2) is 60.4 Å². The third-order valence-electron chi connectivity index (χ3n) is 6.67. The summed E-state index contributed by atoms with van der Waals surface area (Å²) in [6.45, 7) is 5.93. The largest absolute Gasteiger partial charge is 0.355 e. The van der Waals surface area contributed by atoms with Gasteiger partial charge in [-0.15, -0.1) is 0 Å². The van der Waals surface area contributed by atoms with E-state index in [4.69, 9.17) is 11.8 Å². The normalized spacial score (nSPS) is 18.6. The van der Waals surface area contributed by atoms with Crippen LogP contribution in [0.1, 0.15) is 50.2 Å². The molecule has 3 aromatic rings. The molecule has 1 aromatic heterocycles. The highest BCUT2D eigenvalue weighted by Gasteiger charge is 2.23. The molecule has 0 saturated heterocycles. The van der Waals surface area contributed by atoms with Gasteiger partial charge in [0.15, 0.2) is 0 Å². The van der Waals surface area contributed by atoms with E-state index in [9.17, 15) is 14.4 Å². The molecule has 4 rings (SSSR count). The van der Waals surface area contributed by atoms with Crippen molar-refractivity contribution in [2.75, 3.05) is 6.54 Å². The fraction of sp³-hybridized carbons (Fsp3) is 0.345. The molecule has 3 amide bonds. The second-order valence-electron chi connectivity index (χ2n) is 9.74. The average Bonchev–Trinajstić information content (AvgIpc) is 3.24. The minimum Gasteiger partial charge on any atom is -0.355 e. The molecule has 0 fully saturated rings. The Balaban J connectivity index is 1.70. The highest BCUT2D eigenvalue weighted by molar-refractivity contribution is 6.13. The van der Waals surface area contributed by atoms with E-state index in [0.717, 1.165) is 46.6 Å². The second kappa shape index (κ2) is 12.8. The Morgan fingerprint density at radius 1 is 1.05 bits per heavy atom. The molecule has 1 atom stereocenters. The van der Waals surface area contributed by atoms with Gasteiger partial charge in [-0.2, -0.15) is 0 Å². The van der Waals surface area contributed by atoms with Crippen LogP contribution in [-0.4, -0.2) is 35.3 Å². The van der Waals surface area contributed by atoms with Gasteiger partial charge in [-0.1, -0.05) is 24.8 Å². The van der Waals surface area contributed by atoms with Crippen LogP contribution in [0.3, 0.4) is 0 Å². The quantitative estimate of drug-likeness (QED) is 0.191. The topological polar surface area (TPSA) is 115 Å². The molecule has 2 heterocycles. The van der Waals surface area contributed by atoms with Gasteiger partial charge in [-0.25, -0.2) is 4.84 Å². The van der Waals surface area contributed by atoms with Gasteiger partial charge in [-0.3, -0.25) is 14.4 Å². The number of amides is 3. The number of aryl methyl sites for hydroxylation is 1. The van der Waals surface area contributed by atoms with E-state index in [0.29, 0.717) is 31.5 Å². The molecule has 5 N–H and O–H groups in total. The first-order chi connectivity index (χ1) is 18.3. The number of allylic oxidation sites excluding steroid dienone is 2. The lowest BCUT2D eigenvalue weighted by atomic mass is 10.00. The van der Waals surface area contributed by atoms with Gasteiger partial charge in [0.25, 0.3) is 5.91 Å². The first kappa shape index (κ1) is 27.4. The standard InChI is InChI=1S/C29H34ClN5O3/c1-18-7-3-4-8-20-10-12-24-22(15-20)23-16-21(11-13-25(23)34-24)17-27(33-19(2)36)29(38)35-26(28(37)32-18)9-5-6-14-31-30/h9-13,15-16,27,31,34H,1,3-8,14,17H2,2H3,(H,32,37)(H,33,36)(H,35,38)/b26-9-. The maximum Gasteiger partial charge on any atom is 0.271 e. The van der Waals surface area contributed by atoms with Crippen molar-refractivity contribution in [1.29, 1.82) is 0 Å². The number of H-pyrrole nitrogens is 1. The lowest BCUT2D eigenvalue weighted by Crippen LogP contribution is -2.48. The average molecular weight is 536 g/mol. The van der Waals surface area contributed by atoms with Gasteiger partial charge in [0, 0.05) is 47.4 Å². The Morgan fingerprint density at radius 2 is 1.74 bits per heavy atom. The molecule has 2 aromatic carbocycles. The third kappa shape index (κ3) is 7.02. The number of benzene rings is 2. The number of hydrogen-bond acceptors (Lipinski definition) is 4. The molecule has 1 aliphatic rings. The number of fused-ring (bicyclic) bond motifs is 2. The van der Waals surface area contributed by atoms with E-state index in [-0.39, 0.29) is 18.0 Å². The summed E-state index contributed by atoms with van der Waals surface area (Å²) < 4.78 is 0. The Labute approximate surface area is 227 Å². The van der Waals surface area contributed by atoms with E-state index >= 15 is 0 Å². The number of aromatic amines is 1. The smallest absolute Gasteiger partial charge is 0.271 e. The lowest BCUT2D eigenvalue weighted by molar-refractivity contribution is -0.128. The van der Waals surface area contributed by atoms with Crippen LogP contribution in [0.25, 0.3) is 21.8 Å². The van der Waals surface area contributed by atoms with Crippen molar-refractivity contribution in [3.63, 3.8) is 0 Å². The number of rotatable bonds is 5. The Kier molecular flexibility index (Phi) is 9.20. The Bertz CT molecular complexity index is 1390. The molecule has 0 radical (unpaired) electrons. The molecular weight excluding hydrogens is 502 g/mol. The zero-order chi connectivity index (χ0) is 27.1. The molecule has 0 spiro atoms. The van der Waals surface area contributed by atoms with Gasteiger partial charge in [0.05, 0.1) is 0 Å². The number of carbonyl (C=O) groups excluding carboxylic acids is 3. The third-order valence-corrected chi connectivity index (χ3v) is 6.86. The monoisotopic (exact) mass is 535 g/mol. The molecule has 9 heteroatoms. The zero-order valence-corrected chi connectivity index (χ0v) is 22.3. The summed E-state index contributed by atoms with van der Waals surface area (Å²) in [4.78, 5) is 44.5. The molecular formula is C29H34ClN5O3. The van der Waals surface area contributed by atoms with E-state index in [2.05, 4.69) is 56.6 Å². The van der Waals surface area contributed by atoms with Crippen LogP contribution in [0.5, 0.6) is 0 Å². The van der Waals surface area contributed by atoms with Crippen molar-refractivity contribution >= 4 is 51.3 Å². The van der Waals surface area contributed by atoms with E-state index < -0.39 is 17.9 Å². The van der Waals surface area contributed by atoms with Crippen LogP contribution in [0, 0.1) is 0 Å². The Hall–Kier alpha value is -3.62. The minimum absolute atomic E-state index is 0.125. The molecule has 0 saturated carbocycles. The van der Waals surface area contributed by atoms with Gasteiger partial charge in [0.1, 0.15) is 11.7 Å². The summed E-state index contributed by atoms with van der Waals surface area (Å²) in [5, 5.41) is 10.5. The first-order valence-electron chi connectivity index (χ1n) is 13.0. The van der Waals surface area contributed by atoms with E-state index in [1.807, 2.05) is 12.1 Å². The van der Waals surface area contributed by atoms with Gasteiger partial charge >= 0.3 is 0 Å². The number of nitrogens with one attached hydrogen (secondary N) is 5. The van der Waals surface area contributed by atoms with E-state index in [1.54, 1.807) is 6.08 Å². The molecule has 1 aliphatic heterocycles. The maximum atomic E-state index is 13.4. The summed E-state index contributed by atoms with van der Waals surface area (Å²) >= 11 is 5.54. The van der Waals surface area contributed by atoms with Gasteiger partial charge < -0.3 is 20.9 Å². The first-order valence-corrected chi connectivity index (χ1v) is 13.4.